The minimum Gasteiger partial charge on any atom is -0.465 e. The van der Waals surface area contributed by atoms with Gasteiger partial charge in [0.05, 0.1) is 25.3 Å². The number of esters is 2. The van der Waals surface area contributed by atoms with Crippen molar-refractivity contribution in [2.24, 2.45) is 0 Å². The third kappa shape index (κ3) is 4.11. The Morgan fingerprint density at radius 3 is 1.31 bits per heavy atom. The highest BCUT2D eigenvalue weighted by atomic mass is 16.5. The quantitative estimate of drug-likeness (QED) is 0.253. The highest BCUT2D eigenvalue weighted by molar-refractivity contribution is 6.06. The summed E-state index contributed by atoms with van der Waals surface area (Å²) in [5.74, 6) is -0.927. The number of carbonyl (C=O) groups excluding carboxylic acids is 2. The molecule has 0 N–H and O–H groups in total. The molecule has 1 aliphatic rings. The molecule has 4 heteroatoms. The molecule has 0 atom stereocenters. The van der Waals surface area contributed by atoms with E-state index in [4.69, 9.17) is 9.47 Å². The number of benzene rings is 3. The summed E-state index contributed by atoms with van der Waals surface area (Å²) >= 11 is 0. The molecule has 4 rings (SSSR count). The van der Waals surface area contributed by atoms with E-state index >= 15 is 0 Å². The number of hydrogen-bond acceptors (Lipinski definition) is 4. The minimum absolute atomic E-state index is 0.387. The molecule has 4 nitrogen and oxygen atoms in total. The van der Waals surface area contributed by atoms with Gasteiger partial charge < -0.3 is 9.47 Å². The second kappa shape index (κ2) is 10.9. The lowest BCUT2D eigenvalue weighted by molar-refractivity contribution is 0.0553. The molecule has 0 bridgehead atoms. The summed E-state index contributed by atoms with van der Waals surface area (Å²) in [6, 6.07) is 8.83. The maximum absolute atomic E-state index is 13.1. The van der Waals surface area contributed by atoms with Crippen molar-refractivity contribution >= 4 is 22.7 Å². The van der Waals surface area contributed by atoms with Crippen LogP contribution in [0.15, 0.2) is 24.3 Å². The molecule has 0 aliphatic heterocycles. The van der Waals surface area contributed by atoms with Crippen LogP contribution in [0.4, 0.5) is 0 Å². The number of ether oxygens (including phenoxy) is 2. The first-order valence-electron chi connectivity index (χ1n) is 13.4. The predicted octanol–water partition coefficient (Wildman–Crippen LogP) is 6.94. The first kappa shape index (κ1) is 25.9. The summed E-state index contributed by atoms with van der Waals surface area (Å²) in [7, 11) is 2.76. The van der Waals surface area contributed by atoms with Crippen LogP contribution in [-0.4, -0.2) is 26.2 Å². The number of rotatable bonds is 8. The van der Waals surface area contributed by atoms with Crippen LogP contribution in [0.3, 0.4) is 0 Å². The van der Waals surface area contributed by atoms with E-state index in [9.17, 15) is 9.59 Å². The molecular formula is C32H38O4. The summed E-state index contributed by atoms with van der Waals surface area (Å²) in [6.07, 6.45) is 7.06. The molecule has 0 amide bonds. The van der Waals surface area contributed by atoms with Crippen molar-refractivity contribution in [1.29, 1.82) is 0 Å². The minimum atomic E-state index is -0.463. The van der Waals surface area contributed by atoms with Gasteiger partial charge in [0.1, 0.15) is 0 Å². The lowest BCUT2D eigenvalue weighted by atomic mass is 9.72. The van der Waals surface area contributed by atoms with Crippen molar-refractivity contribution in [3.05, 3.63) is 79.9 Å². The Balaban J connectivity index is 2.12. The average molecular weight is 487 g/mol. The Kier molecular flexibility index (Phi) is 7.82. The number of fused-ring (bicyclic) bond motifs is 3. The fourth-order valence-corrected chi connectivity index (χ4v) is 6.38. The molecule has 0 fully saturated rings. The smallest absolute Gasteiger partial charge is 0.339 e. The number of methoxy groups -OCH3 is 2. The molecule has 3 aromatic carbocycles. The van der Waals surface area contributed by atoms with Crippen molar-refractivity contribution in [2.75, 3.05) is 14.2 Å². The van der Waals surface area contributed by atoms with Crippen LogP contribution in [0.25, 0.3) is 10.8 Å². The fourth-order valence-electron chi connectivity index (χ4n) is 6.38. The van der Waals surface area contributed by atoms with Gasteiger partial charge in [0, 0.05) is 0 Å². The number of hydrogen-bond donors (Lipinski definition) is 0. The highest BCUT2D eigenvalue weighted by Gasteiger charge is 2.34. The molecule has 0 saturated carbocycles. The van der Waals surface area contributed by atoms with E-state index < -0.39 is 11.9 Å². The van der Waals surface area contributed by atoms with E-state index in [-0.39, 0.29) is 0 Å². The molecule has 0 unspecified atom stereocenters. The summed E-state index contributed by atoms with van der Waals surface area (Å²) in [6.45, 7) is 8.59. The molecule has 36 heavy (non-hydrogen) atoms. The molecule has 0 radical (unpaired) electrons. The number of carbonyl (C=O) groups is 2. The van der Waals surface area contributed by atoms with Crippen molar-refractivity contribution in [3.63, 3.8) is 0 Å². The molecule has 3 aromatic rings. The Morgan fingerprint density at radius 1 is 0.639 bits per heavy atom. The second-order valence-electron chi connectivity index (χ2n) is 9.67. The standard InChI is InChI=1S/C32H38O4/c1-7-13-21-23-15-11-12-16-24(23)22(14-8-2)28-18-26-20(10-4)30(32(34)36-6)29(31(33)35-5)19(9-3)25(26)17-27(21)28/h11-12,15-16H,7-10,13-14,17-18H2,1-6H3. The molecule has 1 aliphatic carbocycles. The zero-order chi connectivity index (χ0) is 26.0. The van der Waals surface area contributed by atoms with Crippen LogP contribution < -0.4 is 0 Å². The van der Waals surface area contributed by atoms with Gasteiger partial charge in [0.15, 0.2) is 0 Å². The fraction of sp³-hybridized carbons (Fsp3) is 0.438. The van der Waals surface area contributed by atoms with E-state index in [0.29, 0.717) is 24.0 Å². The Hall–Kier alpha value is -3.14. The molecule has 0 spiro atoms. The second-order valence-corrected chi connectivity index (χ2v) is 9.67. The predicted molar refractivity (Wildman–Crippen MR) is 145 cm³/mol. The van der Waals surface area contributed by atoms with E-state index in [1.54, 1.807) is 0 Å². The van der Waals surface area contributed by atoms with Gasteiger partial charge in [-0.15, -0.1) is 0 Å². The summed E-state index contributed by atoms with van der Waals surface area (Å²) in [4.78, 5) is 26.2. The number of aryl methyl sites for hydroxylation is 2. The van der Waals surface area contributed by atoms with Gasteiger partial charge in [0.2, 0.25) is 0 Å². The van der Waals surface area contributed by atoms with Crippen molar-refractivity contribution in [2.45, 2.75) is 79.1 Å². The molecular weight excluding hydrogens is 448 g/mol. The lowest BCUT2D eigenvalue weighted by Crippen LogP contribution is -2.24. The van der Waals surface area contributed by atoms with Crippen LogP contribution in [0.2, 0.25) is 0 Å². The van der Waals surface area contributed by atoms with E-state index in [0.717, 1.165) is 49.7 Å². The van der Waals surface area contributed by atoms with Gasteiger partial charge in [-0.2, -0.15) is 0 Å². The Labute approximate surface area is 215 Å². The molecule has 0 heterocycles. The van der Waals surface area contributed by atoms with Crippen molar-refractivity contribution < 1.29 is 19.1 Å². The molecule has 0 aromatic heterocycles. The van der Waals surface area contributed by atoms with Gasteiger partial charge in [-0.05, 0) is 93.8 Å². The van der Waals surface area contributed by atoms with Crippen LogP contribution in [0, 0.1) is 0 Å². The summed E-state index contributed by atoms with van der Waals surface area (Å²) in [5.41, 5.74) is 10.7. The van der Waals surface area contributed by atoms with Gasteiger partial charge in [0.25, 0.3) is 0 Å². The third-order valence-corrected chi connectivity index (χ3v) is 7.81. The third-order valence-electron chi connectivity index (χ3n) is 7.81. The monoisotopic (exact) mass is 486 g/mol. The van der Waals surface area contributed by atoms with E-state index in [2.05, 4.69) is 52.0 Å². The van der Waals surface area contributed by atoms with E-state index in [1.165, 1.54) is 58.4 Å². The average Bonchev–Trinajstić information content (AvgIpc) is 2.91. The first-order valence-corrected chi connectivity index (χ1v) is 13.4. The summed E-state index contributed by atoms with van der Waals surface area (Å²) < 4.78 is 10.4. The Bertz CT molecular complexity index is 1230. The van der Waals surface area contributed by atoms with Gasteiger partial charge in [-0.25, -0.2) is 9.59 Å². The molecule has 0 saturated heterocycles. The zero-order valence-electron chi connectivity index (χ0n) is 22.6. The largest absolute Gasteiger partial charge is 0.465 e. The van der Waals surface area contributed by atoms with Crippen LogP contribution in [0.1, 0.15) is 106 Å². The molecule has 190 valence electrons. The van der Waals surface area contributed by atoms with Gasteiger partial charge in [-0.3, -0.25) is 0 Å². The normalized spacial score (nSPS) is 12.3. The SMILES string of the molecule is CCCc1c2c(c(CCC)c3ccccc13)Cc1c(c(CC)c(C(=O)OC)c(C(=O)OC)c1CC)C2. The lowest BCUT2D eigenvalue weighted by Gasteiger charge is -2.32. The van der Waals surface area contributed by atoms with E-state index in [1.807, 2.05) is 0 Å². The van der Waals surface area contributed by atoms with Crippen LogP contribution in [0.5, 0.6) is 0 Å². The van der Waals surface area contributed by atoms with Crippen molar-refractivity contribution in [1.82, 2.24) is 0 Å². The van der Waals surface area contributed by atoms with Crippen LogP contribution in [-0.2, 0) is 48.0 Å². The maximum atomic E-state index is 13.1. The highest BCUT2D eigenvalue weighted by Crippen LogP contribution is 2.43. The van der Waals surface area contributed by atoms with Crippen LogP contribution >= 0.6 is 0 Å². The summed E-state index contributed by atoms with van der Waals surface area (Å²) in [5, 5.41) is 2.72. The van der Waals surface area contributed by atoms with Crippen molar-refractivity contribution in [3.8, 4) is 0 Å². The zero-order valence-corrected chi connectivity index (χ0v) is 22.6. The topological polar surface area (TPSA) is 52.6 Å². The Morgan fingerprint density at radius 2 is 1.00 bits per heavy atom. The van der Waals surface area contributed by atoms with Gasteiger partial charge >= 0.3 is 11.9 Å². The maximum Gasteiger partial charge on any atom is 0.339 e. The first-order chi connectivity index (χ1) is 17.5. The van der Waals surface area contributed by atoms with Gasteiger partial charge in [-0.1, -0.05) is 64.8 Å².